The number of ether oxygens (including phenoxy) is 1. The molecule has 1 aromatic carbocycles. The van der Waals surface area contributed by atoms with Crippen molar-refractivity contribution < 1.29 is 44.5 Å². The third kappa shape index (κ3) is 8.35. The van der Waals surface area contributed by atoms with Gasteiger partial charge in [-0.1, -0.05) is 13.0 Å². The highest BCUT2D eigenvalue weighted by atomic mass is 32.2. The molecule has 0 bridgehead atoms. The Bertz CT molecular complexity index is 1110. The van der Waals surface area contributed by atoms with Gasteiger partial charge < -0.3 is 25.2 Å². The number of likely N-dealkylation sites (tertiary alicyclic amines) is 1. The predicted octanol–water partition coefficient (Wildman–Crippen LogP) is 2.79. The Labute approximate surface area is 212 Å². The summed E-state index contributed by atoms with van der Waals surface area (Å²) in [6, 6.07) is 1.09. The minimum Gasteiger partial charge on any atom is -0.406 e. The van der Waals surface area contributed by atoms with Crippen LogP contribution in [0.2, 0.25) is 0 Å². The topological polar surface area (TPSA) is 117 Å². The van der Waals surface area contributed by atoms with Crippen molar-refractivity contribution in [3.8, 4) is 5.75 Å². The molecular formula is C22H30F4N4O6S. The van der Waals surface area contributed by atoms with E-state index in [2.05, 4.69) is 15.4 Å². The van der Waals surface area contributed by atoms with E-state index < -0.39 is 51.6 Å². The summed E-state index contributed by atoms with van der Waals surface area (Å²) >= 11 is 0. The lowest BCUT2D eigenvalue weighted by molar-refractivity contribution is -0.274. The first-order chi connectivity index (χ1) is 17.1. The molecule has 1 aliphatic carbocycles. The SMILES string of the molecule is CNC(=O)N1C[C@H](N(C(=O)NCc2ccc(OC(F)(F)F)cc2F)C2CC2)CC(C)(COS(C)(=O)=O)C1. The van der Waals surface area contributed by atoms with Crippen molar-refractivity contribution >= 4 is 22.2 Å². The highest BCUT2D eigenvalue weighted by Crippen LogP contribution is 2.37. The fourth-order valence-electron chi connectivity index (χ4n) is 4.44. The number of urea groups is 2. The van der Waals surface area contributed by atoms with Crippen molar-refractivity contribution in [3.63, 3.8) is 0 Å². The van der Waals surface area contributed by atoms with E-state index in [1.165, 1.54) is 11.9 Å². The van der Waals surface area contributed by atoms with Crippen LogP contribution < -0.4 is 15.4 Å². The zero-order valence-corrected chi connectivity index (χ0v) is 21.4. The van der Waals surface area contributed by atoms with Crippen LogP contribution in [-0.4, -0.2) is 81.7 Å². The predicted molar refractivity (Wildman–Crippen MR) is 124 cm³/mol. The van der Waals surface area contributed by atoms with Crippen LogP contribution in [0, 0.1) is 11.2 Å². The Morgan fingerprint density at radius 3 is 2.46 bits per heavy atom. The van der Waals surface area contributed by atoms with E-state index in [-0.39, 0.29) is 37.8 Å². The van der Waals surface area contributed by atoms with Gasteiger partial charge in [-0.05, 0) is 25.3 Å². The van der Waals surface area contributed by atoms with Crippen LogP contribution in [0.25, 0.3) is 0 Å². The molecule has 2 N–H and O–H groups in total. The second-order valence-corrected chi connectivity index (χ2v) is 11.3. The molecule has 1 aliphatic heterocycles. The van der Waals surface area contributed by atoms with E-state index in [1.54, 1.807) is 11.8 Å². The van der Waals surface area contributed by atoms with Gasteiger partial charge in [-0.25, -0.2) is 14.0 Å². The van der Waals surface area contributed by atoms with Gasteiger partial charge in [0.1, 0.15) is 11.6 Å². The van der Waals surface area contributed by atoms with Gasteiger partial charge in [0.05, 0.1) is 18.9 Å². The second kappa shape index (κ2) is 10.9. The first kappa shape index (κ1) is 28.8. The summed E-state index contributed by atoms with van der Waals surface area (Å²) in [6.45, 7) is 1.68. The Kier molecular flexibility index (Phi) is 8.47. The number of nitrogens with one attached hydrogen (secondary N) is 2. The van der Waals surface area contributed by atoms with Crippen LogP contribution >= 0.6 is 0 Å². The summed E-state index contributed by atoms with van der Waals surface area (Å²) in [4.78, 5) is 28.7. The number of piperidine rings is 1. The van der Waals surface area contributed by atoms with E-state index >= 15 is 0 Å². The third-order valence-corrected chi connectivity index (χ3v) is 6.66. The number of hydrogen-bond donors (Lipinski definition) is 2. The van der Waals surface area contributed by atoms with Crippen molar-refractivity contribution in [1.29, 1.82) is 0 Å². The molecule has 2 fully saturated rings. The van der Waals surface area contributed by atoms with Crippen LogP contribution in [0.1, 0.15) is 31.7 Å². The molecule has 37 heavy (non-hydrogen) atoms. The number of benzene rings is 1. The largest absolute Gasteiger partial charge is 0.573 e. The third-order valence-electron chi connectivity index (χ3n) is 6.11. The lowest BCUT2D eigenvalue weighted by Gasteiger charge is -2.47. The van der Waals surface area contributed by atoms with Crippen molar-refractivity contribution in [2.24, 2.45) is 5.41 Å². The van der Waals surface area contributed by atoms with E-state index in [0.717, 1.165) is 31.2 Å². The fourth-order valence-corrected chi connectivity index (χ4v) is 4.94. The quantitative estimate of drug-likeness (QED) is 0.377. The van der Waals surface area contributed by atoms with Crippen LogP contribution in [0.15, 0.2) is 18.2 Å². The number of carbonyl (C=O) groups excluding carboxylic acids is 2. The minimum absolute atomic E-state index is 0.0411. The summed E-state index contributed by atoms with van der Waals surface area (Å²) in [5.41, 5.74) is -0.826. The second-order valence-electron chi connectivity index (χ2n) is 9.67. The number of amides is 4. The zero-order valence-electron chi connectivity index (χ0n) is 20.6. The molecule has 0 radical (unpaired) electrons. The summed E-state index contributed by atoms with van der Waals surface area (Å²) in [6.07, 6.45) is -2.25. The van der Waals surface area contributed by atoms with Gasteiger partial charge in [-0.3, -0.25) is 4.18 Å². The van der Waals surface area contributed by atoms with Crippen molar-refractivity contribution in [3.05, 3.63) is 29.6 Å². The van der Waals surface area contributed by atoms with Crippen molar-refractivity contribution in [1.82, 2.24) is 20.4 Å². The maximum absolute atomic E-state index is 14.3. The number of carbonyl (C=O) groups is 2. The molecular weight excluding hydrogens is 524 g/mol. The molecule has 0 spiro atoms. The highest BCUT2D eigenvalue weighted by Gasteiger charge is 2.46. The number of halogens is 4. The molecule has 1 unspecified atom stereocenters. The molecule has 2 atom stereocenters. The summed E-state index contributed by atoms with van der Waals surface area (Å²) in [7, 11) is -2.28. The Morgan fingerprint density at radius 2 is 1.92 bits per heavy atom. The van der Waals surface area contributed by atoms with E-state index in [4.69, 9.17) is 4.18 Å². The minimum atomic E-state index is -4.96. The fraction of sp³-hybridized carbons (Fsp3) is 0.636. The number of rotatable bonds is 8. The molecule has 1 saturated heterocycles. The zero-order chi connectivity index (χ0) is 27.6. The number of nitrogens with zero attached hydrogens (tertiary/aromatic N) is 2. The lowest BCUT2D eigenvalue weighted by Crippen LogP contribution is -2.61. The van der Waals surface area contributed by atoms with Gasteiger partial charge in [0.25, 0.3) is 10.1 Å². The normalized spacial score (nSPS) is 22.4. The standard InChI is InChI=1S/C22H30F4N4O6S/c1-21(13-35-37(3,33)34)9-16(11-29(12-21)19(31)27-2)30(15-5-6-15)20(32)28-10-14-4-7-17(8-18(14)23)36-22(24,25)26/h4,7-8,15-16H,5-6,9-13H2,1-3H3,(H,27,31)(H,28,32)/t16-,21?/m1/s1. The van der Waals surface area contributed by atoms with Crippen LogP contribution in [0.3, 0.4) is 0 Å². The average Bonchev–Trinajstić information content (AvgIpc) is 3.60. The van der Waals surface area contributed by atoms with Crippen LogP contribution in [-0.2, 0) is 20.8 Å². The molecule has 208 valence electrons. The summed E-state index contributed by atoms with van der Waals surface area (Å²) in [5.74, 6) is -1.69. The first-order valence-electron chi connectivity index (χ1n) is 11.5. The smallest absolute Gasteiger partial charge is 0.406 e. The van der Waals surface area contributed by atoms with Crippen LogP contribution in [0.4, 0.5) is 27.2 Å². The molecule has 0 aromatic heterocycles. The Hall–Kier alpha value is -2.81. The van der Waals surface area contributed by atoms with E-state index in [1.807, 2.05) is 0 Å². The monoisotopic (exact) mass is 554 g/mol. The first-order valence-corrected chi connectivity index (χ1v) is 13.3. The molecule has 15 heteroatoms. The summed E-state index contributed by atoms with van der Waals surface area (Å²) < 4.78 is 83.3. The molecule has 1 saturated carbocycles. The van der Waals surface area contributed by atoms with Crippen molar-refractivity contribution in [2.45, 2.75) is 51.2 Å². The lowest BCUT2D eigenvalue weighted by atomic mass is 9.80. The maximum atomic E-state index is 14.3. The van der Waals surface area contributed by atoms with Gasteiger partial charge in [0.15, 0.2) is 0 Å². The molecule has 1 heterocycles. The van der Waals surface area contributed by atoms with Gasteiger partial charge in [-0.2, -0.15) is 8.42 Å². The van der Waals surface area contributed by atoms with Gasteiger partial charge in [0, 0.05) is 49.8 Å². The van der Waals surface area contributed by atoms with E-state index in [0.29, 0.717) is 12.5 Å². The van der Waals surface area contributed by atoms with Gasteiger partial charge in [0.2, 0.25) is 0 Å². The maximum Gasteiger partial charge on any atom is 0.573 e. The molecule has 3 rings (SSSR count). The molecule has 1 aromatic rings. The van der Waals surface area contributed by atoms with Gasteiger partial charge in [-0.15, -0.1) is 13.2 Å². The van der Waals surface area contributed by atoms with Crippen molar-refractivity contribution in [2.75, 3.05) is 33.0 Å². The molecule has 10 nitrogen and oxygen atoms in total. The van der Waals surface area contributed by atoms with Gasteiger partial charge >= 0.3 is 18.4 Å². The Morgan fingerprint density at radius 1 is 1.24 bits per heavy atom. The van der Waals surface area contributed by atoms with Crippen LogP contribution in [0.5, 0.6) is 5.75 Å². The summed E-state index contributed by atoms with van der Waals surface area (Å²) in [5, 5.41) is 5.14. The molecule has 4 amide bonds. The Balaban J connectivity index is 1.74. The van der Waals surface area contributed by atoms with E-state index in [9.17, 15) is 35.6 Å². The highest BCUT2D eigenvalue weighted by molar-refractivity contribution is 7.85. The molecule has 2 aliphatic rings. The average molecular weight is 555 g/mol. The number of hydrogen-bond acceptors (Lipinski definition) is 6. The number of alkyl halides is 3.